The molecule has 0 aliphatic heterocycles. The van der Waals surface area contributed by atoms with E-state index in [0.29, 0.717) is 44.9 Å². The van der Waals surface area contributed by atoms with Crippen molar-refractivity contribution in [3.8, 4) is 23.0 Å². The predicted molar refractivity (Wildman–Crippen MR) is 86.2 cm³/mol. The number of hydrogen-bond acceptors (Lipinski definition) is 6. The van der Waals surface area contributed by atoms with Gasteiger partial charge in [0.2, 0.25) is 16.9 Å². The zero-order valence-electron chi connectivity index (χ0n) is 13.3. The molecule has 0 saturated heterocycles. The summed E-state index contributed by atoms with van der Waals surface area (Å²) in [5.41, 5.74) is 0.487. The lowest BCUT2D eigenvalue weighted by Crippen LogP contribution is -2.06. The minimum absolute atomic E-state index is 0.224. The Labute approximate surface area is 132 Å². The minimum Gasteiger partial charge on any atom is -0.496 e. The molecule has 0 spiro atoms. The molecule has 2 aromatic carbocycles. The predicted octanol–water partition coefficient (Wildman–Crippen LogP) is 2.98. The van der Waals surface area contributed by atoms with Gasteiger partial charge in [0, 0.05) is 0 Å². The van der Waals surface area contributed by atoms with Gasteiger partial charge >= 0.3 is 0 Å². The van der Waals surface area contributed by atoms with Crippen LogP contribution in [-0.4, -0.2) is 28.4 Å². The molecule has 0 radical (unpaired) electrons. The van der Waals surface area contributed by atoms with Crippen LogP contribution in [0.5, 0.6) is 23.0 Å². The maximum absolute atomic E-state index is 12.9. The first-order chi connectivity index (χ1) is 11.2. The van der Waals surface area contributed by atoms with E-state index in [1.165, 1.54) is 28.4 Å². The van der Waals surface area contributed by atoms with Gasteiger partial charge in [0.05, 0.1) is 33.8 Å². The molecule has 0 saturated carbocycles. The van der Waals surface area contributed by atoms with E-state index in [1.807, 2.05) is 0 Å². The van der Waals surface area contributed by atoms with Gasteiger partial charge in [0.15, 0.2) is 11.3 Å². The normalized spacial score (nSPS) is 10.8. The molecule has 0 unspecified atom stereocenters. The summed E-state index contributed by atoms with van der Waals surface area (Å²) in [6.07, 6.45) is 0. The summed E-state index contributed by atoms with van der Waals surface area (Å²) < 4.78 is 27.2. The van der Waals surface area contributed by atoms with Crippen LogP contribution < -0.4 is 24.4 Å². The molecule has 6 nitrogen and oxygen atoms in total. The van der Waals surface area contributed by atoms with Crippen molar-refractivity contribution in [1.29, 1.82) is 0 Å². The molecular weight excluding hydrogens is 300 g/mol. The Kier molecular flexibility index (Phi) is 3.73. The van der Waals surface area contributed by atoms with E-state index in [1.54, 1.807) is 24.3 Å². The first kappa shape index (κ1) is 15.0. The zero-order chi connectivity index (χ0) is 16.6. The van der Waals surface area contributed by atoms with Gasteiger partial charge in [-0.25, -0.2) is 0 Å². The highest BCUT2D eigenvalue weighted by Gasteiger charge is 2.22. The van der Waals surface area contributed by atoms with E-state index in [2.05, 4.69) is 0 Å². The highest BCUT2D eigenvalue weighted by Crippen LogP contribution is 2.43. The largest absolute Gasteiger partial charge is 0.496 e. The molecule has 0 aliphatic rings. The second-order valence-corrected chi connectivity index (χ2v) is 4.79. The Morgan fingerprint density at radius 3 is 2.17 bits per heavy atom. The van der Waals surface area contributed by atoms with E-state index < -0.39 is 0 Å². The monoisotopic (exact) mass is 316 g/mol. The smallest absolute Gasteiger partial charge is 0.208 e. The molecule has 120 valence electrons. The third kappa shape index (κ3) is 2.14. The Morgan fingerprint density at radius 2 is 1.57 bits per heavy atom. The molecule has 0 fully saturated rings. The molecule has 0 aliphatic carbocycles. The van der Waals surface area contributed by atoms with Crippen molar-refractivity contribution < 1.29 is 23.4 Å². The van der Waals surface area contributed by atoms with Gasteiger partial charge in [0.25, 0.3) is 0 Å². The Bertz CT molecular complexity index is 941. The summed E-state index contributed by atoms with van der Waals surface area (Å²) in [5, 5.41) is 0.702. The van der Waals surface area contributed by atoms with E-state index in [9.17, 15) is 4.79 Å². The summed E-state index contributed by atoms with van der Waals surface area (Å²) in [4.78, 5) is 12.9. The van der Waals surface area contributed by atoms with E-state index >= 15 is 0 Å². The Balaban J connectivity index is 2.56. The van der Waals surface area contributed by atoms with Crippen molar-refractivity contribution in [1.82, 2.24) is 0 Å². The minimum atomic E-state index is -0.224. The van der Waals surface area contributed by atoms with Crippen molar-refractivity contribution >= 4 is 21.9 Å². The highest BCUT2D eigenvalue weighted by atomic mass is 16.5. The fourth-order valence-corrected chi connectivity index (χ4v) is 2.63. The number of benzene rings is 2. The first-order valence-corrected chi connectivity index (χ1v) is 6.88. The Morgan fingerprint density at radius 1 is 0.870 bits per heavy atom. The molecule has 23 heavy (non-hydrogen) atoms. The lowest BCUT2D eigenvalue weighted by Gasteiger charge is -2.14. The summed E-state index contributed by atoms with van der Waals surface area (Å²) in [7, 11) is 5.97. The van der Waals surface area contributed by atoms with Gasteiger partial charge in [0.1, 0.15) is 16.7 Å². The lowest BCUT2D eigenvalue weighted by atomic mass is 10.1. The average Bonchev–Trinajstić information content (AvgIpc) is 2.59. The molecule has 0 atom stereocenters. The molecule has 3 rings (SSSR count). The molecule has 1 heterocycles. The van der Waals surface area contributed by atoms with Gasteiger partial charge in [-0.15, -0.1) is 0 Å². The van der Waals surface area contributed by atoms with Crippen LogP contribution in [-0.2, 0) is 0 Å². The zero-order valence-corrected chi connectivity index (χ0v) is 13.3. The molecule has 0 amide bonds. The Hall–Kier alpha value is -2.89. The van der Waals surface area contributed by atoms with Crippen LogP contribution in [0.15, 0.2) is 33.5 Å². The quantitative estimate of drug-likeness (QED) is 0.689. The summed E-state index contributed by atoms with van der Waals surface area (Å²) in [6.45, 7) is 0. The fraction of sp³-hybridized carbons (Fsp3) is 0.235. The molecular formula is C17H16O6. The first-order valence-electron chi connectivity index (χ1n) is 6.88. The van der Waals surface area contributed by atoms with Gasteiger partial charge in [-0.2, -0.15) is 0 Å². The highest BCUT2D eigenvalue weighted by molar-refractivity contribution is 5.97. The topological polar surface area (TPSA) is 67.1 Å². The second-order valence-electron chi connectivity index (χ2n) is 4.79. The van der Waals surface area contributed by atoms with Crippen molar-refractivity contribution in [2.45, 2.75) is 0 Å². The maximum atomic E-state index is 12.9. The van der Waals surface area contributed by atoms with Gasteiger partial charge < -0.3 is 23.4 Å². The van der Waals surface area contributed by atoms with Crippen LogP contribution >= 0.6 is 0 Å². The number of fused-ring (bicyclic) bond motifs is 2. The number of hydrogen-bond donors (Lipinski definition) is 0. The number of methoxy groups -OCH3 is 4. The molecule has 6 heteroatoms. The van der Waals surface area contributed by atoms with E-state index in [-0.39, 0.29) is 5.43 Å². The number of ether oxygens (including phenoxy) is 4. The summed E-state index contributed by atoms with van der Waals surface area (Å²) >= 11 is 0. The second kappa shape index (κ2) is 5.72. The average molecular weight is 316 g/mol. The third-order valence-corrected chi connectivity index (χ3v) is 3.68. The molecule has 0 N–H and O–H groups in total. The third-order valence-electron chi connectivity index (χ3n) is 3.68. The molecule has 0 bridgehead atoms. The van der Waals surface area contributed by atoms with Crippen LogP contribution in [0, 0.1) is 0 Å². The van der Waals surface area contributed by atoms with Crippen LogP contribution in [0.2, 0.25) is 0 Å². The van der Waals surface area contributed by atoms with Crippen molar-refractivity contribution in [2.24, 2.45) is 0 Å². The fourth-order valence-electron chi connectivity index (χ4n) is 2.63. The maximum Gasteiger partial charge on any atom is 0.208 e. The van der Waals surface area contributed by atoms with Crippen LogP contribution in [0.25, 0.3) is 21.9 Å². The van der Waals surface area contributed by atoms with Gasteiger partial charge in [-0.05, 0) is 18.2 Å². The van der Waals surface area contributed by atoms with Crippen molar-refractivity contribution in [3.63, 3.8) is 0 Å². The standard InChI is InChI=1S/C17H16O6/c1-19-10-6-5-7-11-13(10)14(18)9-8-12(20-2)16(21-3)17(22-4)15(9)23-11/h5-8H,1-4H3. The summed E-state index contributed by atoms with van der Waals surface area (Å²) in [5.74, 6) is 1.52. The van der Waals surface area contributed by atoms with Crippen LogP contribution in [0.4, 0.5) is 0 Å². The lowest BCUT2D eigenvalue weighted by molar-refractivity contribution is 0.324. The van der Waals surface area contributed by atoms with E-state index in [0.717, 1.165) is 0 Å². The number of rotatable bonds is 4. The van der Waals surface area contributed by atoms with E-state index in [4.69, 9.17) is 23.4 Å². The molecule has 1 aromatic heterocycles. The molecule has 3 aromatic rings. The van der Waals surface area contributed by atoms with Crippen molar-refractivity contribution in [3.05, 3.63) is 34.5 Å². The SMILES string of the molecule is COc1cc2c(=O)c3c(OC)cccc3oc2c(OC)c1OC. The van der Waals surface area contributed by atoms with Gasteiger partial charge in [-0.1, -0.05) is 6.07 Å². The summed E-state index contributed by atoms with van der Waals surface area (Å²) in [6, 6.07) is 6.75. The van der Waals surface area contributed by atoms with Crippen LogP contribution in [0.1, 0.15) is 0 Å². The van der Waals surface area contributed by atoms with Gasteiger partial charge in [-0.3, -0.25) is 4.79 Å². The van der Waals surface area contributed by atoms with Crippen LogP contribution in [0.3, 0.4) is 0 Å². The van der Waals surface area contributed by atoms with Crippen molar-refractivity contribution in [2.75, 3.05) is 28.4 Å².